The first-order valence-electron chi connectivity index (χ1n) is 8.25. The van der Waals surface area contributed by atoms with Gasteiger partial charge in [0.05, 0.1) is 5.69 Å². The molecule has 1 saturated heterocycles. The van der Waals surface area contributed by atoms with Gasteiger partial charge in [-0.05, 0) is 59.1 Å². The van der Waals surface area contributed by atoms with E-state index in [-0.39, 0.29) is 5.56 Å². The van der Waals surface area contributed by atoms with Crippen LogP contribution >= 0.6 is 15.9 Å². The molecule has 1 aliphatic heterocycles. The molecule has 5 nitrogen and oxygen atoms in total. The maximum absolute atomic E-state index is 14.2. The Balaban J connectivity index is 1.90. The Morgan fingerprint density at radius 1 is 1.08 bits per heavy atom. The number of sulfonamides is 1. The number of nitrogens with one attached hydrogen (secondary N) is 1. The van der Waals surface area contributed by atoms with Crippen molar-refractivity contribution < 1.29 is 17.6 Å². The number of anilines is 1. The molecule has 8 heteroatoms. The van der Waals surface area contributed by atoms with Gasteiger partial charge in [0, 0.05) is 23.1 Å². The van der Waals surface area contributed by atoms with Crippen LogP contribution in [0.1, 0.15) is 29.6 Å². The van der Waals surface area contributed by atoms with Crippen LogP contribution in [-0.4, -0.2) is 31.7 Å². The van der Waals surface area contributed by atoms with Crippen LogP contribution in [0.3, 0.4) is 0 Å². The van der Waals surface area contributed by atoms with Crippen LogP contribution in [0.25, 0.3) is 0 Å². The maximum atomic E-state index is 14.2. The summed E-state index contributed by atoms with van der Waals surface area (Å²) < 4.78 is 41.7. The third-order valence-electron chi connectivity index (χ3n) is 4.25. The number of rotatable bonds is 4. The number of amides is 1. The van der Waals surface area contributed by atoms with E-state index in [1.54, 1.807) is 24.3 Å². The summed E-state index contributed by atoms with van der Waals surface area (Å²) in [5.41, 5.74) is 0.625. The van der Waals surface area contributed by atoms with Crippen molar-refractivity contribution in [2.75, 3.05) is 18.4 Å². The quantitative estimate of drug-likeness (QED) is 0.780. The van der Waals surface area contributed by atoms with E-state index in [1.807, 2.05) is 0 Å². The van der Waals surface area contributed by atoms with Gasteiger partial charge in [0.15, 0.2) is 0 Å². The highest BCUT2D eigenvalue weighted by atomic mass is 79.9. The lowest BCUT2D eigenvalue weighted by Crippen LogP contribution is -2.36. The van der Waals surface area contributed by atoms with Crippen LogP contribution in [0, 0.1) is 5.82 Å². The predicted molar refractivity (Wildman–Crippen MR) is 101 cm³/mol. The molecule has 0 saturated carbocycles. The van der Waals surface area contributed by atoms with E-state index in [0.29, 0.717) is 23.2 Å². The summed E-state index contributed by atoms with van der Waals surface area (Å²) in [6, 6.07) is 10.4. The standard InChI is InChI=1S/C18H18BrFN2O3S/c19-14-6-2-3-7-16(14)21-18(23)13-8-9-15(20)17(12-13)26(24,25)22-10-4-1-5-11-22/h2-3,6-9,12H,1,4-5,10-11H2,(H,21,23). The number of carbonyl (C=O) groups excluding carboxylic acids is 1. The van der Waals surface area contributed by atoms with Crippen molar-refractivity contribution in [2.24, 2.45) is 0 Å². The third kappa shape index (κ3) is 3.97. The van der Waals surface area contributed by atoms with Crippen molar-refractivity contribution in [3.05, 3.63) is 58.3 Å². The van der Waals surface area contributed by atoms with Gasteiger partial charge in [-0.2, -0.15) is 4.31 Å². The van der Waals surface area contributed by atoms with Crippen molar-refractivity contribution in [3.63, 3.8) is 0 Å². The lowest BCUT2D eigenvalue weighted by molar-refractivity contribution is 0.102. The average Bonchev–Trinajstić information content (AvgIpc) is 2.64. The van der Waals surface area contributed by atoms with E-state index in [1.165, 1.54) is 10.4 Å². The lowest BCUT2D eigenvalue weighted by atomic mass is 10.2. The number of hydrogen-bond donors (Lipinski definition) is 1. The molecule has 1 heterocycles. The highest BCUT2D eigenvalue weighted by molar-refractivity contribution is 9.10. The number of benzene rings is 2. The first-order chi connectivity index (χ1) is 12.4. The molecule has 1 fully saturated rings. The summed E-state index contributed by atoms with van der Waals surface area (Å²) in [7, 11) is -3.96. The first-order valence-corrected chi connectivity index (χ1v) is 10.5. The Morgan fingerprint density at radius 2 is 1.77 bits per heavy atom. The topological polar surface area (TPSA) is 66.5 Å². The van der Waals surface area contributed by atoms with E-state index >= 15 is 0 Å². The zero-order valence-electron chi connectivity index (χ0n) is 13.9. The second-order valence-corrected chi connectivity index (χ2v) is 8.80. The molecule has 0 bridgehead atoms. The van der Waals surface area contributed by atoms with Gasteiger partial charge >= 0.3 is 0 Å². The number of hydrogen-bond acceptors (Lipinski definition) is 3. The second-order valence-electron chi connectivity index (χ2n) is 6.04. The van der Waals surface area contributed by atoms with E-state index in [0.717, 1.165) is 31.4 Å². The maximum Gasteiger partial charge on any atom is 0.255 e. The van der Waals surface area contributed by atoms with E-state index < -0.39 is 26.6 Å². The number of nitrogens with zero attached hydrogens (tertiary/aromatic N) is 1. The van der Waals surface area contributed by atoms with E-state index in [2.05, 4.69) is 21.2 Å². The normalized spacial score (nSPS) is 15.6. The lowest BCUT2D eigenvalue weighted by Gasteiger charge is -2.26. The van der Waals surface area contributed by atoms with Crippen LogP contribution in [0.15, 0.2) is 51.8 Å². The van der Waals surface area contributed by atoms with Crippen LogP contribution in [-0.2, 0) is 10.0 Å². The summed E-state index contributed by atoms with van der Waals surface area (Å²) >= 11 is 3.33. The van der Waals surface area contributed by atoms with Gasteiger partial charge in [-0.25, -0.2) is 12.8 Å². The van der Waals surface area contributed by atoms with Crippen molar-refractivity contribution in [2.45, 2.75) is 24.2 Å². The minimum Gasteiger partial charge on any atom is -0.321 e. The van der Waals surface area contributed by atoms with Crippen LogP contribution < -0.4 is 5.32 Å². The van der Waals surface area contributed by atoms with Crippen molar-refractivity contribution in [1.29, 1.82) is 0 Å². The molecule has 0 radical (unpaired) electrons. The summed E-state index contributed by atoms with van der Waals surface area (Å²) in [6.07, 6.45) is 2.47. The van der Waals surface area contributed by atoms with Gasteiger partial charge in [-0.1, -0.05) is 18.6 Å². The molecule has 0 unspecified atom stereocenters. The number of para-hydroxylation sites is 1. The van der Waals surface area contributed by atoms with Crippen LogP contribution in [0.2, 0.25) is 0 Å². The molecule has 0 spiro atoms. The summed E-state index contributed by atoms with van der Waals surface area (Å²) in [5.74, 6) is -1.36. The third-order valence-corrected chi connectivity index (χ3v) is 6.85. The van der Waals surface area contributed by atoms with Gasteiger partial charge in [0.25, 0.3) is 5.91 Å². The Labute approximate surface area is 160 Å². The molecule has 1 aliphatic rings. The Hall–Kier alpha value is -1.77. The Kier molecular flexibility index (Phi) is 5.74. The number of halogens is 2. The molecule has 0 aliphatic carbocycles. The molecule has 0 atom stereocenters. The molecular formula is C18H18BrFN2O3S. The minimum absolute atomic E-state index is 0.0812. The molecule has 2 aromatic carbocycles. The average molecular weight is 441 g/mol. The summed E-state index contributed by atoms with van der Waals surface area (Å²) in [4.78, 5) is 12.0. The molecule has 1 amide bonds. The van der Waals surface area contributed by atoms with Gasteiger partial charge in [-0.15, -0.1) is 0 Å². The molecule has 138 valence electrons. The minimum atomic E-state index is -3.96. The van der Waals surface area contributed by atoms with E-state index in [9.17, 15) is 17.6 Å². The van der Waals surface area contributed by atoms with Crippen molar-refractivity contribution in [3.8, 4) is 0 Å². The van der Waals surface area contributed by atoms with Crippen molar-refractivity contribution >= 4 is 37.5 Å². The predicted octanol–water partition coefficient (Wildman–Crippen LogP) is 4.02. The first kappa shape index (κ1) is 19.0. The van der Waals surface area contributed by atoms with Crippen molar-refractivity contribution in [1.82, 2.24) is 4.31 Å². The van der Waals surface area contributed by atoms with Crippen LogP contribution in [0.4, 0.5) is 10.1 Å². The molecule has 2 aromatic rings. The Bertz CT molecular complexity index is 928. The highest BCUT2D eigenvalue weighted by Crippen LogP contribution is 2.25. The smallest absolute Gasteiger partial charge is 0.255 e. The zero-order chi connectivity index (χ0) is 18.7. The van der Waals surface area contributed by atoms with Gasteiger partial charge in [-0.3, -0.25) is 4.79 Å². The largest absolute Gasteiger partial charge is 0.321 e. The van der Waals surface area contributed by atoms with Crippen LogP contribution in [0.5, 0.6) is 0 Å². The van der Waals surface area contributed by atoms with Gasteiger partial charge in [0.2, 0.25) is 10.0 Å². The zero-order valence-corrected chi connectivity index (χ0v) is 16.3. The monoisotopic (exact) mass is 440 g/mol. The number of piperidine rings is 1. The Morgan fingerprint density at radius 3 is 2.46 bits per heavy atom. The van der Waals surface area contributed by atoms with E-state index in [4.69, 9.17) is 0 Å². The SMILES string of the molecule is O=C(Nc1ccccc1Br)c1ccc(F)c(S(=O)(=O)N2CCCCC2)c1. The molecule has 3 rings (SSSR count). The fourth-order valence-corrected chi connectivity index (χ4v) is 4.84. The molecule has 26 heavy (non-hydrogen) atoms. The fraction of sp³-hybridized carbons (Fsp3) is 0.278. The summed E-state index contributed by atoms with van der Waals surface area (Å²) in [5, 5.41) is 2.69. The highest BCUT2D eigenvalue weighted by Gasteiger charge is 2.29. The van der Waals surface area contributed by atoms with Gasteiger partial charge < -0.3 is 5.32 Å². The molecular weight excluding hydrogens is 423 g/mol. The molecule has 1 N–H and O–H groups in total. The number of carbonyl (C=O) groups is 1. The second kappa shape index (κ2) is 7.85. The molecule has 0 aromatic heterocycles. The van der Waals surface area contributed by atoms with Gasteiger partial charge in [0.1, 0.15) is 10.7 Å². The fourth-order valence-electron chi connectivity index (χ4n) is 2.84. The summed E-state index contributed by atoms with van der Waals surface area (Å²) in [6.45, 7) is 0.740.